The van der Waals surface area contributed by atoms with Gasteiger partial charge in [0.15, 0.2) is 5.75 Å². The molecule has 182 valence electrons. The number of carbonyl (C=O) groups is 2. The highest BCUT2D eigenvalue weighted by atomic mass is 35.5. The maximum absolute atomic E-state index is 13.3. The maximum atomic E-state index is 13.3. The van der Waals surface area contributed by atoms with E-state index in [1.807, 2.05) is 0 Å². The normalized spacial score (nSPS) is 10.5. The third-order valence-electron chi connectivity index (χ3n) is 5.12. The molecule has 2 amide bonds. The van der Waals surface area contributed by atoms with Crippen LogP contribution in [0.4, 0.5) is 21.9 Å². The number of ether oxygens (including phenoxy) is 2. The van der Waals surface area contributed by atoms with E-state index < -0.39 is 16.9 Å². The van der Waals surface area contributed by atoms with Crippen molar-refractivity contribution in [3.8, 4) is 11.5 Å². The van der Waals surface area contributed by atoms with Crippen LogP contribution in [-0.2, 0) is 0 Å². The number of hydrogen-bond acceptors (Lipinski definition) is 6. The third kappa shape index (κ3) is 5.32. The summed E-state index contributed by atoms with van der Waals surface area (Å²) < 4.78 is 11.1. The minimum absolute atomic E-state index is 0.00964. The summed E-state index contributed by atoms with van der Waals surface area (Å²) in [6.07, 6.45) is -0.905. The molecule has 11 heteroatoms. The number of carbonyl (C=O) groups excluding carboxylic acids is 2. The number of nitrogens with one attached hydrogen (secondary N) is 2. The van der Waals surface area contributed by atoms with Crippen molar-refractivity contribution in [1.29, 1.82) is 0 Å². The highest BCUT2D eigenvalue weighted by Gasteiger charge is 2.22. The summed E-state index contributed by atoms with van der Waals surface area (Å²) in [7, 11) is 1.46. The van der Waals surface area contributed by atoms with Gasteiger partial charge >= 0.3 is 6.09 Å². The number of nitro groups is 1. The second-order valence-electron chi connectivity index (χ2n) is 7.40. The number of nitro benzene ring substituents is 1. The molecule has 0 unspecified atom stereocenters. The lowest BCUT2D eigenvalue weighted by Crippen LogP contribution is -2.20. The van der Waals surface area contributed by atoms with Crippen molar-refractivity contribution in [2.24, 2.45) is 0 Å². The number of benzene rings is 4. The zero-order valence-corrected chi connectivity index (χ0v) is 20.1. The largest absolute Gasteiger partial charge is 0.496 e. The number of non-ortho nitro benzene ring substituents is 1. The topological polar surface area (TPSA) is 120 Å². The van der Waals surface area contributed by atoms with Gasteiger partial charge in [0.2, 0.25) is 0 Å². The molecule has 4 rings (SSSR count). The molecule has 4 aromatic rings. The van der Waals surface area contributed by atoms with Crippen LogP contribution >= 0.6 is 23.2 Å². The first kappa shape index (κ1) is 24.8. The molecular weight excluding hydrogens is 509 g/mol. The fraction of sp³-hybridized carbons (Fsp3) is 0.0400. The van der Waals surface area contributed by atoms with Gasteiger partial charge in [0.05, 0.1) is 28.3 Å². The first-order valence-electron chi connectivity index (χ1n) is 10.4. The summed E-state index contributed by atoms with van der Waals surface area (Å²) in [5.41, 5.74) is 0.451. The number of hydrogen-bond donors (Lipinski definition) is 2. The standard InChI is InChI=1S/C25H17Cl2N3O6/c1-35-22-13-19(24(31)29-21-11-6-14(26)12-20(21)27)23(18-5-3-2-4-17(18)22)36-25(32)28-15-7-9-16(10-8-15)30(33)34/h2-13H,1H3,(H,28,32)(H,29,31). The van der Waals surface area contributed by atoms with E-state index in [0.717, 1.165) is 0 Å². The molecule has 0 aromatic heterocycles. The maximum Gasteiger partial charge on any atom is 0.417 e. The van der Waals surface area contributed by atoms with Gasteiger partial charge < -0.3 is 14.8 Å². The molecule has 0 saturated heterocycles. The number of anilines is 2. The van der Waals surface area contributed by atoms with Crippen molar-refractivity contribution < 1.29 is 24.0 Å². The second-order valence-corrected chi connectivity index (χ2v) is 8.24. The van der Waals surface area contributed by atoms with Crippen LogP contribution in [0.5, 0.6) is 11.5 Å². The van der Waals surface area contributed by atoms with Gasteiger partial charge in [-0.05, 0) is 36.4 Å². The number of amides is 2. The van der Waals surface area contributed by atoms with Gasteiger partial charge in [0.1, 0.15) is 5.75 Å². The quantitative estimate of drug-likeness (QED) is 0.208. The van der Waals surface area contributed by atoms with Crippen LogP contribution in [0, 0.1) is 10.1 Å². The highest BCUT2D eigenvalue weighted by Crippen LogP contribution is 2.38. The lowest BCUT2D eigenvalue weighted by atomic mass is 10.0. The molecule has 0 aliphatic rings. The Balaban J connectivity index is 1.70. The predicted octanol–water partition coefficient (Wildman–Crippen LogP) is 6.93. The molecule has 0 aliphatic heterocycles. The zero-order chi connectivity index (χ0) is 25.8. The molecule has 0 fully saturated rings. The Kier molecular flexibility index (Phi) is 7.23. The smallest absolute Gasteiger partial charge is 0.417 e. The zero-order valence-electron chi connectivity index (χ0n) is 18.6. The van der Waals surface area contributed by atoms with Crippen molar-refractivity contribution in [2.75, 3.05) is 17.7 Å². The van der Waals surface area contributed by atoms with Crippen LogP contribution in [0.15, 0.2) is 72.8 Å². The van der Waals surface area contributed by atoms with Gasteiger partial charge in [-0.25, -0.2) is 4.79 Å². The summed E-state index contributed by atoms with van der Waals surface area (Å²) >= 11 is 12.1. The molecule has 4 aromatic carbocycles. The van der Waals surface area contributed by atoms with Crippen LogP contribution in [-0.4, -0.2) is 24.0 Å². The SMILES string of the molecule is COc1cc(C(=O)Nc2ccc(Cl)cc2Cl)c(OC(=O)Nc2ccc([N+](=O)[O-])cc2)c2ccccc12. The van der Waals surface area contributed by atoms with Crippen molar-refractivity contribution in [2.45, 2.75) is 0 Å². The molecule has 2 N–H and O–H groups in total. The van der Waals surface area contributed by atoms with E-state index in [-0.39, 0.29) is 27.7 Å². The fourth-order valence-electron chi connectivity index (χ4n) is 3.45. The van der Waals surface area contributed by atoms with Crippen LogP contribution in [0.2, 0.25) is 10.0 Å². The average molecular weight is 526 g/mol. The predicted molar refractivity (Wildman–Crippen MR) is 138 cm³/mol. The molecule has 0 aliphatic carbocycles. The van der Waals surface area contributed by atoms with Crippen molar-refractivity contribution in [3.63, 3.8) is 0 Å². The molecule has 9 nitrogen and oxygen atoms in total. The van der Waals surface area contributed by atoms with Gasteiger partial charge in [-0.2, -0.15) is 0 Å². The summed E-state index contributed by atoms with van der Waals surface area (Å²) in [4.78, 5) is 36.3. The number of halogens is 2. The first-order chi connectivity index (χ1) is 17.3. The number of methoxy groups -OCH3 is 1. The number of nitrogens with zero attached hydrogens (tertiary/aromatic N) is 1. The summed E-state index contributed by atoms with van der Waals surface area (Å²) in [6.45, 7) is 0. The van der Waals surface area contributed by atoms with Crippen molar-refractivity contribution in [3.05, 3.63) is 98.5 Å². The van der Waals surface area contributed by atoms with Crippen LogP contribution in [0.3, 0.4) is 0 Å². The molecular formula is C25H17Cl2N3O6. The second kappa shape index (κ2) is 10.5. The molecule has 0 heterocycles. The van der Waals surface area contributed by atoms with Gasteiger partial charge in [0, 0.05) is 33.6 Å². The number of rotatable bonds is 6. The Morgan fingerprint density at radius 1 is 0.917 bits per heavy atom. The first-order valence-corrected chi connectivity index (χ1v) is 11.1. The van der Waals surface area contributed by atoms with E-state index >= 15 is 0 Å². The summed E-state index contributed by atoms with van der Waals surface area (Å²) in [5, 5.41) is 17.7. The monoisotopic (exact) mass is 525 g/mol. The Bertz CT molecular complexity index is 1490. The Labute approximate surface area is 214 Å². The highest BCUT2D eigenvalue weighted by molar-refractivity contribution is 6.37. The van der Waals surface area contributed by atoms with E-state index in [9.17, 15) is 19.7 Å². The average Bonchev–Trinajstić information content (AvgIpc) is 2.86. The molecule has 0 saturated carbocycles. The molecule has 0 radical (unpaired) electrons. The summed E-state index contributed by atoms with van der Waals surface area (Å²) in [5.74, 6) is -0.240. The molecule has 0 atom stereocenters. The minimum atomic E-state index is -0.905. The van der Waals surface area contributed by atoms with E-state index in [4.69, 9.17) is 32.7 Å². The van der Waals surface area contributed by atoms with Gasteiger partial charge in [0.25, 0.3) is 11.6 Å². The number of fused-ring (bicyclic) bond motifs is 1. The lowest BCUT2D eigenvalue weighted by Gasteiger charge is -2.16. The van der Waals surface area contributed by atoms with Gasteiger partial charge in [-0.15, -0.1) is 0 Å². The van der Waals surface area contributed by atoms with E-state index in [1.165, 1.54) is 43.5 Å². The summed E-state index contributed by atoms with van der Waals surface area (Å²) in [6, 6.07) is 18.2. The van der Waals surface area contributed by atoms with Gasteiger partial charge in [-0.1, -0.05) is 47.5 Å². The van der Waals surface area contributed by atoms with Gasteiger partial charge in [-0.3, -0.25) is 20.2 Å². The van der Waals surface area contributed by atoms with Crippen LogP contribution < -0.4 is 20.1 Å². The molecule has 36 heavy (non-hydrogen) atoms. The Morgan fingerprint density at radius 2 is 1.61 bits per heavy atom. The van der Waals surface area contributed by atoms with Crippen LogP contribution in [0.1, 0.15) is 10.4 Å². The van der Waals surface area contributed by atoms with E-state index in [2.05, 4.69) is 10.6 Å². The third-order valence-corrected chi connectivity index (χ3v) is 5.67. The van der Waals surface area contributed by atoms with Crippen molar-refractivity contribution in [1.82, 2.24) is 0 Å². The fourth-order valence-corrected chi connectivity index (χ4v) is 3.90. The molecule has 0 bridgehead atoms. The molecule has 0 spiro atoms. The Morgan fingerprint density at radius 3 is 2.25 bits per heavy atom. The van der Waals surface area contributed by atoms with Crippen molar-refractivity contribution >= 4 is 63.0 Å². The Hall–Kier alpha value is -4.34. The van der Waals surface area contributed by atoms with E-state index in [0.29, 0.717) is 27.2 Å². The lowest BCUT2D eigenvalue weighted by molar-refractivity contribution is -0.384. The minimum Gasteiger partial charge on any atom is -0.496 e. The van der Waals surface area contributed by atoms with E-state index in [1.54, 1.807) is 36.4 Å². The van der Waals surface area contributed by atoms with Crippen LogP contribution in [0.25, 0.3) is 10.8 Å².